The Morgan fingerprint density at radius 2 is 2.11 bits per heavy atom. The van der Waals surface area contributed by atoms with Crippen LogP contribution < -0.4 is 0 Å². The molecule has 1 radical (unpaired) electrons. The number of hydrogen-bond acceptors (Lipinski definition) is 1. The molecule has 53 valence electrons. The summed E-state index contributed by atoms with van der Waals surface area (Å²) in [5.74, 6) is 0.739. The van der Waals surface area contributed by atoms with Crippen molar-refractivity contribution in [2.45, 2.75) is 38.7 Å². The van der Waals surface area contributed by atoms with Crippen LogP contribution in [0.15, 0.2) is 0 Å². The molecule has 0 rings (SSSR count). The topological polar surface area (TPSA) is 0 Å². The third-order valence-corrected chi connectivity index (χ3v) is 2.48. The summed E-state index contributed by atoms with van der Waals surface area (Å²) in [6.07, 6.45) is 2.56. The van der Waals surface area contributed by atoms with E-state index in [-0.39, 0.29) is 0 Å². The maximum absolute atomic E-state index is 4.40. The van der Waals surface area contributed by atoms with E-state index < -0.39 is 0 Å². The van der Waals surface area contributed by atoms with Crippen molar-refractivity contribution in [3.8, 4) is 0 Å². The van der Waals surface area contributed by atoms with Gasteiger partial charge in [-0.1, -0.05) is 33.5 Å². The van der Waals surface area contributed by atoms with Gasteiger partial charge in [0.25, 0.3) is 0 Å². The highest BCUT2D eigenvalue weighted by Gasteiger charge is 2.09. The van der Waals surface area contributed by atoms with Gasteiger partial charge in [0.2, 0.25) is 0 Å². The van der Waals surface area contributed by atoms with Crippen LogP contribution in [0.1, 0.15) is 26.7 Å². The molecular formula is C7H16BS. The minimum atomic E-state index is 0.491. The molecule has 0 heterocycles. The van der Waals surface area contributed by atoms with E-state index in [1.807, 2.05) is 0 Å². The van der Waals surface area contributed by atoms with Crippen molar-refractivity contribution in [1.82, 2.24) is 0 Å². The summed E-state index contributed by atoms with van der Waals surface area (Å²) in [5, 5.41) is 0.491. The van der Waals surface area contributed by atoms with Crippen LogP contribution in [0.3, 0.4) is 0 Å². The van der Waals surface area contributed by atoms with Crippen LogP contribution in [0, 0.1) is 5.92 Å². The summed E-state index contributed by atoms with van der Waals surface area (Å²) < 4.78 is 0. The zero-order valence-electron chi connectivity index (χ0n) is 6.59. The highest BCUT2D eigenvalue weighted by atomic mass is 32.1. The van der Waals surface area contributed by atoms with E-state index in [9.17, 15) is 0 Å². The second-order valence-corrected chi connectivity index (χ2v) is 3.19. The van der Waals surface area contributed by atoms with E-state index in [1.165, 1.54) is 12.8 Å². The Kier molecular flexibility index (Phi) is 5.46. The van der Waals surface area contributed by atoms with Crippen LogP contribution >= 0.6 is 12.6 Å². The lowest BCUT2D eigenvalue weighted by atomic mass is 9.71. The second-order valence-electron chi connectivity index (χ2n) is 2.59. The molecule has 0 saturated heterocycles. The largest absolute Gasteiger partial charge is 0.185 e. The van der Waals surface area contributed by atoms with Gasteiger partial charge in [-0.2, -0.15) is 12.6 Å². The molecule has 2 atom stereocenters. The van der Waals surface area contributed by atoms with Crippen molar-refractivity contribution in [3.63, 3.8) is 0 Å². The van der Waals surface area contributed by atoms with Gasteiger partial charge < -0.3 is 0 Å². The molecule has 0 fully saturated rings. The smallest absolute Gasteiger partial charge is 0.123 e. The fourth-order valence-corrected chi connectivity index (χ4v) is 1.10. The van der Waals surface area contributed by atoms with Crippen LogP contribution in [-0.2, 0) is 0 Å². The molecule has 0 aromatic heterocycles. The lowest BCUT2D eigenvalue weighted by Gasteiger charge is -2.15. The van der Waals surface area contributed by atoms with Crippen LogP contribution in [0.4, 0.5) is 0 Å². The Hall–Kier alpha value is 0.415. The van der Waals surface area contributed by atoms with E-state index in [4.69, 9.17) is 0 Å². The maximum atomic E-state index is 4.40. The average molecular weight is 143 g/mol. The molecular weight excluding hydrogens is 127 g/mol. The van der Waals surface area contributed by atoms with Crippen LogP contribution in [0.25, 0.3) is 0 Å². The third kappa shape index (κ3) is 3.91. The summed E-state index contributed by atoms with van der Waals surface area (Å²) in [4.78, 5) is 0. The zero-order chi connectivity index (χ0) is 7.28. The van der Waals surface area contributed by atoms with E-state index in [0.717, 1.165) is 5.92 Å². The highest BCUT2D eigenvalue weighted by molar-refractivity contribution is 7.82. The van der Waals surface area contributed by atoms with Gasteiger partial charge >= 0.3 is 0 Å². The van der Waals surface area contributed by atoms with Gasteiger partial charge in [-0.05, 0) is 11.1 Å². The summed E-state index contributed by atoms with van der Waals surface area (Å²) in [7, 11) is 2.16. The normalized spacial score (nSPS) is 16.9. The molecule has 0 aliphatic heterocycles. The van der Waals surface area contributed by atoms with Gasteiger partial charge in [0, 0.05) is 0 Å². The molecule has 2 unspecified atom stereocenters. The Morgan fingerprint density at radius 1 is 1.56 bits per heavy atom. The first-order valence-corrected chi connectivity index (χ1v) is 4.21. The van der Waals surface area contributed by atoms with Crippen molar-refractivity contribution in [3.05, 3.63) is 0 Å². The minimum Gasteiger partial charge on any atom is -0.185 e. The van der Waals surface area contributed by atoms with Gasteiger partial charge in [-0.15, -0.1) is 0 Å². The molecule has 0 amide bonds. The van der Waals surface area contributed by atoms with Crippen molar-refractivity contribution < 1.29 is 0 Å². The standard InChI is InChI=1S/C7H16BS/c1-4-5-6(2)7(9)8-3/h6-7,9H,4-5H2,1-3H3. The molecule has 0 aliphatic carbocycles. The van der Waals surface area contributed by atoms with Crippen molar-refractivity contribution >= 4 is 19.9 Å². The van der Waals surface area contributed by atoms with E-state index in [0.29, 0.717) is 5.15 Å². The molecule has 0 aromatic rings. The first-order chi connectivity index (χ1) is 4.22. The minimum absolute atomic E-state index is 0.491. The van der Waals surface area contributed by atoms with Crippen molar-refractivity contribution in [2.75, 3.05) is 0 Å². The van der Waals surface area contributed by atoms with Crippen LogP contribution in [0.5, 0.6) is 0 Å². The average Bonchev–Trinajstić information content (AvgIpc) is 1.87. The van der Waals surface area contributed by atoms with E-state index >= 15 is 0 Å². The van der Waals surface area contributed by atoms with Gasteiger partial charge in [0.15, 0.2) is 0 Å². The Balaban J connectivity index is 3.32. The Labute approximate surface area is 65.1 Å². The Morgan fingerprint density at radius 3 is 2.44 bits per heavy atom. The SMILES string of the molecule is C[B]C(S)C(C)CCC. The van der Waals surface area contributed by atoms with E-state index in [1.54, 1.807) is 0 Å². The summed E-state index contributed by atoms with van der Waals surface area (Å²) in [5.41, 5.74) is 0. The predicted octanol–water partition coefficient (Wildman–Crippen LogP) is 2.43. The number of rotatable bonds is 4. The summed E-state index contributed by atoms with van der Waals surface area (Å²) >= 11 is 4.40. The summed E-state index contributed by atoms with van der Waals surface area (Å²) in [6.45, 7) is 6.54. The predicted molar refractivity (Wildman–Crippen MR) is 48.5 cm³/mol. The molecule has 0 aliphatic rings. The number of thiol groups is 1. The fourth-order valence-electron chi connectivity index (χ4n) is 0.955. The second kappa shape index (κ2) is 5.22. The van der Waals surface area contributed by atoms with E-state index in [2.05, 4.69) is 40.6 Å². The lowest BCUT2D eigenvalue weighted by molar-refractivity contribution is 0.562. The maximum Gasteiger partial charge on any atom is 0.123 e. The molecule has 0 N–H and O–H groups in total. The van der Waals surface area contributed by atoms with Gasteiger partial charge in [0.05, 0.1) is 0 Å². The van der Waals surface area contributed by atoms with Crippen LogP contribution in [0.2, 0.25) is 6.82 Å². The lowest BCUT2D eigenvalue weighted by Crippen LogP contribution is -2.16. The Bertz CT molecular complexity index is 65.9. The van der Waals surface area contributed by atoms with Gasteiger partial charge in [-0.3, -0.25) is 0 Å². The molecule has 2 heteroatoms. The summed E-state index contributed by atoms with van der Waals surface area (Å²) in [6, 6.07) is 0. The zero-order valence-corrected chi connectivity index (χ0v) is 7.49. The molecule has 0 nitrogen and oxygen atoms in total. The highest BCUT2D eigenvalue weighted by Crippen LogP contribution is 2.13. The molecule has 9 heavy (non-hydrogen) atoms. The first-order valence-electron chi connectivity index (χ1n) is 3.69. The number of hydrogen-bond donors (Lipinski definition) is 1. The first kappa shape index (κ1) is 9.41. The molecule has 0 spiro atoms. The van der Waals surface area contributed by atoms with Crippen LogP contribution in [-0.4, -0.2) is 12.4 Å². The van der Waals surface area contributed by atoms with Gasteiger partial charge in [-0.25, -0.2) is 0 Å². The van der Waals surface area contributed by atoms with Gasteiger partial charge in [0.1, 0.15) is 7.28 Å². The third-order valence-electron chi connectivity index (χ3n) is 1.67. The monoisotopic (exact) mass is 143 g/mol. The fraction of sp³-hybridized carbons (Fsp3) is 1.00. The molecule has 0 saturated carbocycles. The molecule has 0 bridgehead atoms. The molecule has 0 aromatic carbocycles. The van der Waals surface area contributed by atoms with Crippen molar-refractivity contribution in [2.24, 2.45) is 5.92 Å². The van der Waals surface area contributed by atoms with Crippen molar-refractivity contribution in [1.29, 1.82) is 0 Å². The quantitative estimate of drug-likeness (QED) is 0.453.